The number of nitrogens with one attached hydrogen (secondary N) is 1. The third-order valence-electron chi connectivity index (χ3n) is 5.59. The van der Waals surface area contributed by atoms with Crippen LogP contribution in [0.2, 0.25) is 0 Å². The first-order valence-electron chi connectivity index (χ1n) is 10.7. The quantitative estimate of drug-likeness (QED) is 0.432. The van der Waals surface area contributed by atoms with Gasteiger partial charge in [0.2, 0.25) is 0 Å². The minimum Gasteiger partial charge on any atom is -0.389 e. The number of nitrogen functional groups attached to an aromatic ring is 1. The highest BCUT2D eigenvalue weighted by molar-refractivity contribution is 7.19. The fourth-order valence-corrected chi connectivity index (χ4v) is 4.73. The normalized spacial score (nSPS) is 18.7. The summed E-state index contributed by atoms with van der Waals surface area (Å²) in [6, 6.07) is 2.60. The number of benzene rings is 1. The lowest BCUT2D eigenvalue weighted by molar-refractivity contribution is 0.102. The summed E-state index contributed by atoms with van der Waals surface area (Å²) in [5, 5.41) is 6.26. The highest BCUT2D eigenvalue weighted by atomic mass is 32.1. The molecule has 3 aromatic rings. The molecule has 188 valence electrons. The number of hydrogen-bond acceptors (Lipinski definition) is 7. The SMILES string of the molecule is Nc1sc(-c2c(F)cccc2F)nc1C(=O)Nc1cnn(CC(F)F)c1N1CC[C@@H](N)[C@H](F)CC1. The van der Waals surface area contributed by atoms with Gasteiger partial charge in [0.1, 0.15) is 40.0 Å². The van der Waals surface area contributed by atoms with Crippen LogP contribution in [0.4, 0.5) is 38.5 Å². The van der Waals surface area contributed by atoms with Crippen molar-refractivity contribution in [3.63, 3.8) is 0 Å². The average Bonchev–Trinajstić information content (AvgIpc) is 3.31. The second-order valence-corrected chi connectivity index (χ2v) is 9.01. The molecular weight excluding hydrogens is 493 g/mol. The van der Waals surface area contributed by atoms with Crippen molar-refractivity contribution in [1.82, 2.24) is 14.8 Å². The van der Waals surface area contributed by atoms with Crippen LogP contribution in [0.15, 0.2) is 24.4 Å². The molecule has 1 aliphatic rings. The first-order valence-corrected chi connectivity index (χ1v) is 11.5. The first kappa shape index (κ1) is 24.9. The molecule has 3 heterocycles. The zero-order valence-electron chi connectivity index (χ0n) is 18.2. The van der Waals surface area contributed by atoms with Crippen LogP contribution in [0.25, 0.3) is 10.6 Å². The van der Waals surface area contributed by atoms with Gasteiger partial charge in [0.05, 0.1) is 11.8 Å². The van der Waals surface area contributed by atoms with E-state index in [1.54, 1.807) is 4.90 Å². The Morgan fingerprint density at radius 1 is 1.23 bits per heavy atom. The number of nitrogens with two attached hydrogens (primary N) is 2. The van der Waals surface area contributed by atoms with E-state index in [4.69, 9.17) is 11.5 Å². The largest absolute Gasteiger partial charge is 0.389 e. The van der Waals surface area contributed by atoms with Crippen LogP contribution in [0, 0.1) is 11.6 Å². The molecule has 1 aliphatic heterocycles. The zero-order chi connectivity index (χ0) is 25.3. The number of thiazole rings is 1. The van der Waals surface area contributed by atoms with E-state index in [0.717, 1.165) is 28.2 Å². The van der Waals surface area contributed by atoms with Crippen molar-refractivity contribution in [2.75, 3.05) is 29.0 Å². The fraction of sp³-hybridized carbons (Fsp3) is 0.381. The van der Waals surface area contributed by atoms with Gasteiger partial charge in [-0.05, 0) is 25.0 Å². The number of alkyl halides is 3. The smallest absolute Gasteiger partial charge is 0.277 e. The molecule has 4 rings (SSSR count). The van der Waals surface area contributed by atoms with E-state index >= 15 is 0 Å². The van der Waals surface area contributed by atoms with E-state index in [1.807, 2.05) is 0 Å². The molecule has 0 aliphatic carbocycles. The number of carbonyl (C=O) groups is 1. The van der Waals surface area contributed by atoms with Crippen LogP contribution in [-0.4, -0.2) is 52.4 Å². The van der Waals surface area contributed by atoms with Gasteiger partial charge in [-0.25, -0.2) is 31.6 Å². The molecule has 8 nitrogen and oxygen atoms in total. The van der Waals surface area contributed by atoms with E-state index < -0.39 is 48.3 Å². The average molecular weight is 516 g/mol. The molecule has 1 amide bonds. The van der Waals surface area contributed by atoms with Gasteiger partial charge in [0.25, 0.3) is 12.3 Å². The molecule has 14 heteroatoms. The Bertz CT molecular complexity index is 1180. The number of halogens is 5. The highest BCUT2D eigenvalue weighted by Gasteiger charge is 2.29. The maximum absolute atomic E-state index is 14.2. The Balaban J connectivity index is 1.64. The Hall–Kier alpha value is -3.26. The molecule has 0 spiro atoms. The maximum atomic E-state index is 14.2. The Morgan fingerprint density at radius 3 is 2.60 bits per heavy atom. The van der Waals surface area contributed by atoms with E-state index in [0.29, 0.717) is 0 Å². The van der Waals surface area contributed by atoms with E-state index in [1.165, 1.54) is 12.3 Å². The minimum absolute atomic E-state index is 0.0744. The van der Waals surface area contributed by atoms with Gasteiger partial charge in [-0.1, -0.05) is 17.4 Å². The molecule has 1 aromatic carbocycles. The number of anilines is 3. The number of hydrogen-bond donors (Lipinski definition) is 3. The molecule has 5 N–H and O–H groups in total. The van der Waals surface area contributed by atoms with Crippen molar-refractivity contribution in [1.29, 1.82) is 0 Å². The van der Waals surface area contributed by atoms with Gasteiger partial charge in [-0.15, -0.1) is 0 Å². The molecule has 0 saturated carbocycles. The van der Waals surface area contributed by atoms with Gasteiger partial charge < -0.3 is 21.7 Å². The Labute approximate surface area is 200 Å². The molecule has 2 atom stereocenters. The second kappa shape index (κ2) is 10.2. The predicted octanol–water partition coefficient (Wildman–Crippen LogP) is 3.65. The summed E-state index contributed by atoms with van der Waals surface area (Å²) in [6.07, 6.45) is -2.45. The Kier molecular flexibility index (Phi) is 7.21. The third kappa shape index (κ3) is 5.22. The van der Waals surface area contributed by atoms with E-state index in [2.05, 4.69) is 15.4 Å². The first-order chi connectivity index (χ1) is 16.7. The molecule has 1 saturated heterocycles. The maximum Gasteiger partial charge on any atom is 0.277 e. The van der Waals surface area contributed by atoms with Crippen molar-refractivity contribution in [2.45, 2.75) is 38.0 Å². The van der Waals surface area contributed by atoms with Crippen LogP contribution in [-0.2, 0) is 6.54 Å². The molecule has 0 radical (unpaired) electrons. The topological polar surface area (TPSA) is 115 Å². The van der Waals surface area contributed by atoms with Gasteiger partial charge in [0, 0.05) is 19.1 Å². The van der Waals surface area contributed by atoms with Crippen LogP contribution in [0.5, 0.6) is 0 Å². The number of nitrogens with zero attached hydrogens (tertiary/aromatic N) is 4. The van der Waals surface area contributed by atoms with Crippen molar-refractivity contribution in [3.8, 4) is 10.6 Å². The fourth-order valence-electron chi connectivity index (χ4n) is 3.85. The summed E-state index contributed by atoms with van der Waals surface area (Å²) in [6.45, 7) is -0.320. The standard InChI is InChI=1S/C21H22F5N7OS/c22-10-4-6-32(7-5-13(10)27)21-14(8-29-33(21)9-15(25)26)30-19(34)17-18(28)35-20(31-17)16-11(23)2-1-3-12(16)24/h1-3,8,10,13,15H,4-7,9,27-28H2,(H,30,34)/t10-,13-/m1/s1. The summed E-state index contributed by atoms with van der Waals surface area (Å²) in [5.74, 6) is -2.40. The summed E-state index contributed by atoms with van der Waals surface area (Å²) in [7, 11) is 0. The van der Waals surface area contributed by atoms with Gasteiger partial charge in [-0.2, -0.15) is 5.10 Å². The van der Waals surface area contributed by atoms with E-state index in [-0.39, 0.29) is 53.1 Å². The second-order valence-electron chi connectivity index (χ2n) is 7.98. The lowest BCUT2D eigenvalue weighted by atomic mass is 10.1. The third-order valence-corrected chi connectivity index (χ3v) is 6.49. The van der Waals surface area contributed by atoms with Crippen molar-refractivity contribution in [2.24, 2.45) is 5.73 Å². The van der Waals surface area contributed by atoms with E-state index in [9.17, 15) is 26.7 Å². The summed E-state index contributed by atoms with van der Waals surface area (Å²) in [5.41, 5.74) is 11.1. The number of carbonyl (C=O) groups excluding carboxylic acids is 1. The zero-order valence-corrected chi connectivity index (χ0v) is 19.0. The number of aromatic nitrogens is 3. The van der Waals surface area contributed by atoms with Gasteiger partial charge >= 0.3 is 0 Å². The highest BCUT2D eigenvalue weighted by Crippen LogP contribution is 2.35. The van der Waals surface area contributed by atoms with Crippen LogP contribution < -0.4 is 21.7 Å². The molecule has 35 heavy (non-hydrogen) atoms. The number of amides is 1. The molecule has 2 aromatic heterocycles. The molecule has 0 bridgehead atoms. The Morgan fingerprint density at radius 2 is 1.91 bits per heavy atom. The molecule has 0 unspecified atom stereocenters. The summed E-state index contributed by atoms with van der Waals surface area (Å²) < 4.78 is 69.7. The monoisotopic (exact) mass is 515 g/mol. The van der Waals surface area contributed by atoms with Crippen LogP contribution in [0.3, 0.4) is 0 Å². The number of rotatable bonds is 6. The molecule has 1 fully saturated rings. The van der Waals surface area contributed by atoms with Crippen LogP contribution >= 0.6 is 11.3 Å². The van der Waals surface area contributed by atoms with Gasteiger partial charge in [-0.3, -0.25) is 4.79 Å². The summed E-state index contributed by atoms with van der Waals surface area (Å²) in [4.78, 5) is 18.6. The lowest BCUT2D eigenvalue weighted by Gasteiger charge is -2.25. The lowest BCUT2D eigenvalue weighted by Crippen LogP contribution is -2.31. The molecular formula is C21H22F5N7OS. The van der Waals surface area contributed by atoms with Crippen molar-refractivity contribution < 1.29 is 26.7 Å². The minimum atomic E-state index is -2.73. The van der Waals surface area contributed by atoms with Crippen molar-refractivity contribution >= 4 is 33.8 Å². The van der Waals surface area contributed by atoms with Crippen molar-refractivity contribution in [3.05, 3.63) is 41.7 Å². The predicted molar refractivity (Wildman–Crippen MR) is 122 cm³/mol. The summed E-state index contributed by atoms with van der Waals surface area (Å²) >= 11 is 0.724. The van der Waals surface area contributed by atoms with Crippen LogP contribution in [0.1, 0.15) is 23.3 Å². The van der Waals surface area contributed by atoms with Gasteiger partial charge in [0.15, 0.2) is 11.5 Å².